The van der Waals surface area contributed by atoms with Crippen molar-refractivity contribution in [3.63, 3.8) is 0 Å². The van der Waals surface area contributed by atoms with Gasteiger partial charge in [-0.05, 0) is 48.1 Å². The first-order chi connectivity index (χ1) is 13.8. The normalized spacial score (nSPS) is 15.6. The topological polar surface area (TPSA) is 81.6 Å². The molecule has 0 saturated heterocycles. The minimum atomic E-state index is 0.242. The van der Waals surface area contributed by atoms with Crippen molar-refractivity contribution in [2.24, 2.45) is 0 Å². The Balaban J connectivity index is 1.36. The lowest BCUT2D eigenvalue weighted by Crippen LogP contribution is -2.12. The van der Waals surface area contributed by atoms with Crippen molar-refractivity contribution in [2.45, 2.75) is 25.3 Å². The molecule has 2 heterocycles. The van der Waals surface area contributed by atoms with Crippen LogP contribution in [0.5, 0.6) is 0 Å². The number of anilines is 2. The van der Waals surface area contributed by atoms with Gasteiger partial charge in [-0.3, -0.25) is 0 Å². The van der Waals surface area contributed by atoms with Crippen LogP contribution in [0.4, 0.5) is 11.6 Å². The highest BCUT2D eigenvalue weighted by Gasteiger charge is 2.25. The maximum atomic E-state index is 5.74. The second-order valence-corrected chi connectivity index (χ2v) is 7.23. The summed E-state index contributed by atoms with van der Waals surface area (Å²) in [6.45, 7) is 0.760. The quantitative estimate of drug-likeness (QED) is 0.525. The Bertz CT molecular complexity index is 1120. The molecule has 0 spiro atoms. The number of hydrogen-bond acceptors (Lipinski definition) is 5. The van der Waals surface area contributed by atoms with Crippen LogP contribution in [-0.4, -0.2) is 26.3 Å². The van der Waals surface area contributed by atoms with E-state index < -0.39 is 0 Å². The van der Waals surface area contributed by atoms with Gasteiger partial charge < -0.3 is 11.1 Å². The van der Waals surface area contributed by atoms with Gasteiger partial charge in [-0.15, -0.1) is 0 Å². The number of rotatable bonds is 5. The molecule has 2 aromatic carbocycles. The van der Waals surface area contributed by atoms with E-state index in [9.17, 15) is 0 Å². The second-order valence-electron chi connectivity index (χ2n) is 7.23. The molecule has 1 aliphatic rings. The largest absolute Gasteiger partial charge is 0.399 e. The molecule has 1 aliphatic carbocycles. The molecular formula is C22H22N6. The molecule has 0 saturated carbocycles. The van der Waals surface area contributed by atoms with Crippen LogP contribution >= 0.6 is 0 Å². The lowest BCUT2D eigenvalue weighted by Gasteiger charge is -2.13. The first kappa shape index (κ1) is 16.7. The fourth-order valence-electron chi connectivity index (χ4n) is 3.94. The van der Waals surface area contributed by atoms with Crippen LogP contribution in [0.25, 0.3) is 11.0 Å². The molecule has 2 aromatic heterocycles. The molecule has 6 heteroatoms. The number of fused-ring (bicyclic) bond motifs is 2. The van der Waals surface area contributed by atoms with Crippen LogP contribution < -0.4 is 11.1 Å². The van der Waals surface area contributed by atoms with Crippen molar-refractivity contribution in [1.29, 1.82) is 0 Å². The van der Waals surface area contributed by atoms with Crippen LogP contribution in [0.3, 0.4) is 0 Å². The summed E-state index contributed by atoms with van der Waals surface area (Å²) in [4.78, 5) is 9.20. The molecule has 5 rings (SSSR count). The summed E-state index contributed by atoms with van der Waals surface area (Å²) in [7, 11) is 0. The fourth-order valence-corrected chi connectivity index (χ4v) is 3.94. The van der Waals surface area contributed by atoms with Gasteiger partial charge in [0.05, 0.1) is 17.6 Å². The minimum Gasteiger partial charge on any atom is -0.399 e. The van der Waals surface area contributed by atoms with Gasteiger partial charge in [0.2, 0.25) is 5.95 Å². The Morgan fingerprint density at radius 3 is 2.82 bits per heavy atom. The van der Waals surface area contributed by atoms with Crippen molar-refractivity contribution in [1.82, 2.24) is 19.7 Å². The van der Waals surface area contributed by atoms with Gasteiger partial charge in [0.15, 0.2) is 5.65 Å². The SMILES string of the molecule is Nc1ccc(CCNc2ncc3cnn([C@H]4CCc5ccccc54)c3n2)cc1. The van der Waals surface area contributed by atoms with Gasteiger partial charge in [-0.2, -0.15) is 10.1 Å². The van der Waals surface area contributed by atoms with Crippen LogP contribution in [0.2, 0.25) is 0 Å². The Morgan fingerprint density at radius 2 is 1.93 bits per heavy atom. The summed E-state index contributed by atoms with van der Waals surface area (Å²) in [5.74, 6) is 0.635. The predicted octanol–water partition coefficient (Wildman–Crippen LogP) is 3.60. The summed E-state index contributed by atoms with van der Waals surface area (Å²) in [6, 6.07) is 16.8. The number of nitrogens with two attached hydrogens (primary N) is 1. The second kappa shape index (κ2) is 6.96. The average molecular weight is 370 g/mol. The molecule has 0 radical (unpaired) electrons. The average Bonchev–Trinajstić information content (AvgIpc) is 3.33. The molecule has 0 amide bonds. The lowest BCUT2D eigenvalue weighted by molar-refractivity contribution is 0.533. The smallest absolute Gasteiger partial charge is 0.224 e. The summed E-state index contributed by atoms with van der Waals surface area (Å²) < 4.78 is 2.05. The van der Waals surface area contributed by atoms with Gasteiger partial charge >= 0.3 is 0 Å². The standard InChI is InChI=1S/C22H22N6/c23-18-8-5-15(6-9-18)11-12-24-22-25-13-17-14-26-28(21(17)27-22)20-10-7-16-3-1-2-4-19(16)20/h1-6,8-9,13-14,20H,7,10-12,23H2,(H,24,25,27)/t20-/m0/s1. The third-order valence-electron chi connectivity index (χ3n) is 5.41. The summed E-state index contributed by atoms with van der Waals surface area (Å²) >= 11 is 0. The first-order valence-corrected chi connectivity index (χ1v) is 9.64. The lowest BCUT2D eigenvalue weighted by atomic mass is 10.1. The maximum Gasteiger partial charge on any atom is 0.224 e. The molecule has 0 bridgehead atoms. The van der Waals surface area contributed by atoms with E-state index in [0.717, 1.165) is 42.5 Å². The Labute approximate surface area is 163 Å². The highest BCUT2D eigenvalue weighted by Crippen LogP contribution is 2.35. The van der Waals surface area contributed by atoms with Gasteiger partial charge in [0.1, 0.15) is 0 Å². The molecule has 140 valence electrons. The number of nitrogen functional groups attached to an aromatic ring is 1. The Morgan fingerprint density at radius 1 is 1.07 bits per heavy atom. The number of aromatic nitrogens is 4. The monoisotopic (exact) mass is 370 g/mol. The molecule has 4 aromatic rings. The zero-order valence-electron chi connectivity index (χ0n) is 15.5. The highest BCUT2D eigenvalue weighted by molar-refractivity contribution is 5.75. The predicted molar refractivity (Wildman–Crippen MR) is 111 cm³/mol. The molecule has 3 N–H and O–H groups in total. The molecule has 28 heavy (non-hydrogen) atoms. The third kappa shape index (κ3) is 3.07. The zero-order valence-corrected chi connectivity index (χ0v) is 15.5. The van der Waals surface area contributed by atoms with E-state index in [4.69, 9.17) is 10.7 Å². The van der Waals surface area contributed by atoms with E-state index in [-0.39, 0.29) is 6.04 Å². The van der Waals surface area contributed by atoms with E-state index in [1.54, 1.807) is 0 Å². The van der Waals surface area contributed by atoms with Gasteiger partial charge in [-0.1, -0.05) is 36.4 Å². The number of nitrogens with zero attached hydrogens (tertiary/aromatic N) is 4. The zero-order chi connectivity index (χ0) is 18.9. The maximum absolute atomic E-state index is 5.74. The number of hydrogen-bond donors (Lipinski definition) is 2. The van der Waals surface area contributed by atoms with Gasteiger partial charge in [0, 0.05) is 18.4 Å². The highest BCUT2D eigenvalue weighted by atomic mass is 15.3. The molecule has 0 unspecified atom stereocenters. The Kier molecular flexibility index (Phi) is 4.16. The van der Waals surface area contributed by atoms with Crippen LogP contribution in [0.15, 0.2) is 60.9 Å². The molecular weight excluding hydrogens is 348 g/mol. The van der Waals surface area contributed by atoms with E-state index in [1.807, 2.05) is 41.3 Å². The molecule has 6 nitrogen and oxygen atoms in total. The van der Waals surface area contributed by atoms with E-state index in [1.165, 1.54) is 16.7 Å². The summed E-state index contributed by atoms with van der Waals surface area (Å²) in [5.41, 5.74) is 11.4. The van der Waals surface area contributed by atoms with Gasteiger partial charge in [-0.25, -0.2) is 9.67 Å². The summed E-state index contributed by atoms with van der Waals surface area (Å²) in [5, 5.41) is 8.93. The van der Waals surface area contributed by atoms with Crippen molar-refractivity contribution in [3.8, 4) is 0 Å². The van der Waals surface area contributed by atoms with Crippen LogP contribution in [-0.2, 0) is 12.8 Å². The van der Waals surface area contributed by atoms with E-state index in [2.05, 4.69) is 39.7 Å². The number of aryl methyl sites for hydroxylation is 1. The van der Waals surface area contributed by atoms with Crippen LogP contribution in [0.1, 0.15) is 29.2 Å². The molecule has 0 fully saturated rings. The number of benzene rings is 2. The third-order valence-corrected chi connectivity index (χ3v) is 5.41. The summed E-state index contributed by atoms with van der Waals surface area (Å²) in [6.07, 6.45) is 6.73. The van der Waals surface area contributed by atoms with Crippen molar-refractivity contribution < 1.29 is 0 Å². The van der Waals surface area contributed by atoms with Gasteiger partial charge in [0.25, 0.3) is 0 Å². The fraction of sp³-hybridized carbons (Fsp3) is 0.227. The molecule has 1 atom stereocenters. The van der Waals surface area contributed by atoms with Crippen LogP contribution in [0, 0.1) is 0 Å². The van der Waals surface area contributed by atoms with E-state index in [0.29, 0.717) is 5.95 Å². The van der Waals surface area contributed by atoms with E-state index >= 15 is 0 Å². The van der Waals surface area contributed by atoms with Crippen molar-refractivity contribution >= 4 is 22.7 Å². The Hall–Kier alpha value is -3.41. The minimum absolute atomic E-state index is 0.242. The molecule has 0 aliphatic heterocycles. The van der Waals surface area contributed by atoms with Crippen molar-refractivity contribution in [2.75, 3.05) is 17.6 Å². The first-order valence-electron chi connectivity index (χ1n) is 9.64. The number of nitrogens with one attached hydrogen (secondary N) is 1. The van der Waals surface area contributed by atoms with Crippen molar-refractivity contribution in [3.05, 3.63) is 77.6 Å².